The maximum absolute atomic E-state index is 12.1. The minimum absolute atomic E-state index is 0. The number of hydrogen-bond donors (Lipinski definition) is 2. The largest absolute Gasteiger partial charge is 0.356 e. The van der Waals surface area contributed by atoms with Crippen molar-refractivity contribution in [2.45, 2.75) is 17.9 Å². The highest BCUT2D eigenvalue weighted by atomic mass is 127. The molecule has 0 saturated carbocycles. The molecule has 0 fully saturated rings. The molecule has 0 unspecified atom stereocenters. The topological polar surface area (TPSA) is 73.8 Å². The zero-order chi connectivity index (χ0) is 19.9. The van der Waals surface area contributed by atoms with Crippen molar-refractivity contribution in [3.05, 3.63) is 64.7 Å². The number of nitrogens with zero attached hydrogens (tertiary/aromatic N) is 2. The van der Waals surface area contributed by atoms with E-state index in [1.165, 1.54) is 18.4 Å². The zero-order valence-corrected chi connectivity index (χ0v) is 20.0. The zero-order valence-electron chi connectivity index (χ0n) is 16.1. The maximum Gasteiger partial charge on any atom is 0.242 e. The third kappa shape index (κ3) is 7.23. The molecule has 2 N–H and O–H groups in total. The van der Waals surface area contributed by atoms with E-state index in [4.69, 9.17) is 11.6 Å². The molecule has 0 aliphatic carbocycles. The highest BCUT2D eigenvalue weighted by Gasteiger charge is 2.16. The Morgan fingerprint density at radius 3 is 2.32 bits per heavy atom. The van der Waals surface area contributed by atoms with Gasteiger partial charge in [-0.3, -0.25) is 4.99 Å². The fourth-order valence-electron chi connectivity index (χ4n) is 2.41. The second kappa shape index (κ2) is 11.6. The standard InChI is InChI=1S/C19H25ClN4O2S.HI/c1-21-19(22-12-11-15-5-4-6-17(20)13-15)23-14-16-7-9-18(10-8-16)27(25,26)24(2)3;/h4-10,13H,11-12,14H2,1-3H3,(H2,21,22,23);1H. The van der Waals surface area contributed by atoms with E-state index in [-0.39, 0.29) is 28.9 Å². The molecule has 2 aromatic carbocycles. The van der Waals surface area contributed by atoms with Gasteiger partial charge in [0.1, 0.15) is 0 Å². The normalized spacial score (nSPS) is 11.8. The Hall–Kier alpha value is -1.36. The molecule has 0 heterocycles. The first-order chi connectivity index (χ1) is 12.8. The van der Waals surface area contributed by atoms with Crippen molar-refractivity contribution >= 4 is 51.6 Å². The van der Waals surface area contributed by atoms with E-state index in [0.29, 0.717) is 12.5 Å². The van der Waals surface area contributed by atoms with Gasteiger partial charge < -0.3 is 10.6 Å². The summed E-state index contributed by atoms with van der Waals surface area (Å²) in [6.45, 7) is 1.26. The van der Waals surface area contributed by atoms with Gasteiger partial charge in [0.15, 0.2) is 5.96 Å². The Morgan fingerprint density at radius 2 is 1.75 bits per heavy atom. The first-order valence-corrected chi connectivity index (χ1v) is 10.3. The average molecular weight is 537 g/mol. The molecule has 6 nitrogen and oxygen atoms in total. The molecule has 0 amide bonds. The van der Waals surface area contributed by atoms with Crippen LogP contribution in [0.1, 0.15) is 11.1 Å². The minimum Gasteiger partial charge on any atom is -0.356 e. The third-order valence-corrected chi connectivity index (χ3v) is 6.05. The van der Waals surface area contributed by atoms with Crippen LogP contribution < -0.4 is 10.6 Å². The van der Waals surface area contributed by atoms with Gasteiger partial charge in [0.25, 0.3) is 0 Å². The lowest BCUT2D eigenvalue weighted by molar-refractivity contribution is 0.520. The van der Waals surface area contributed by atoms with E-state index >= 15 is 0 Å². The molecule has 0 aliphatic heterocycles. The number of rotatable bonds is 7. The first kappa shape index (κ1) is 24.7. The van der Waals surface area contributed by atoms with Crippen molar-refractivity contribution in [2.24, 2.45) is 4.99 Å². The molecule has 2 aromatic rings. The molecule has 0 aliphatic rings. The summed E-state index contributed by atoms with van der Waals surface area (Å²) in [5.74, 6) is 0.682. The van der Waals surface area contributed by atoms with Crippen LogP contribution in [0.2, 0.25) is 5.02 Å². The fraction of sp³-hybridized carbons (Fsp3) is 0.316. The SMILES string of the molecule is CN=C(NCCc1cccc(Cl)c1)NCc1ccc(S(=O)(=O)N(C)C)cc1.I. The van der Waals surface area contributed by atoms with E-state index in [1.54, 1.807) is 31.3 Å². The number of nitrogens with one attached hydrogen (secondary N) is 2. The number of sulfonamides is 1. The summed E-state index contributed by atoms with van der Waals surface area (Å²) in [6.07, 6.45) is 0.832. The van der Waals surface area contributed by atoms with Gasteiger partial charge in [0.2, 0.25) is 10.0 Å². The fourth-order valence-corrected chi connectivity index (χ4v) is 3.53. The van der Waals surface area contributed by atoms with E-state index in [1.807, 2.05) is 24.3 Å². The lowest BCUT2D eigenvalue weighted by Gasteiger charge is -2.13. The first-order valence-electron chi connectivity index (χ1n) is 8.53. The van der Waals surface area contributed by atoms with Gasteiger partial charge in [-0.2, -0.15) is 0 Å². The van der Waals surface area contributed by atoms with Crippen LogP contribution >= 0.6 is 35.6 Å². The van der Waals surface area contributed by atoms with Crippen LogP contribution in [0.25, 0.3) is 0 Å². The van der Waals surface area contributed by atoms with Gasteiger partial charge in [-0.15, -0.1) is 24.0 Å². The second-order valence-electron chi connectivity index (χ2n) is 6.16. The summed E-state index contributed by atoms with van der Waals surface area (Å²) in [5, 5.41) is 7.20. The van der Waals surface area contributed by atoms with Gasteiger partial charge in [0.05, 0.1) is 4.90 Å². The quantitative estimate of drug-likeness (QED) is 0.324. The molecule has 154 valence electrons. The Balaban J connectivity index is 0.00000392. The van der Waals surface area contributed by atoms with Crippen LogP contribution in [0, 0.1) is 0 Å². The number of halogens is 2. The summed E-state index contributed by atoms with van der Waals surface area (Å²) in [7, 11) is 1.34. The number of benzene rings is 2. The molecule has 0 radical (unpaired) electrons. The summed E-state index contributed by atoms with van der Waals surface area (Å²) in [6, 6.07) is 14.6. The molecule has 0 spiro atoms. The lowest BCUT2D eigenvalue weighted by Crippen LogP contribution is -2.37. The molecule has 0 bridgehead atoms. The maximum atomic E-state index is 12.1. The van der Waals surface area contributed by atoms with Gasteiger partial charge in [0, 0.05) is 39.3 Å². The number of hydrogen-bond acceptors (Lipinski definition) is 3. The van der Waals surface area contributed by atoms with Crippen LogP contribution in [-0.4, -0.2) is 46.4 Å². The molecule has 0 saturated heterocycles. The van der Waals surface area contributed by atoms with Crippen molar-refractivity contribution in [3.8, 4) is 0 Å². The Labute approximate surface area is 189 Å². The molecular weight excluding hydrogens is 511 g/mol. The minimum atomic E-state index is -3.40. The van der Waals surface area contributed by atoms with Crippen LogP contribution in [0.3, 0.4) is 0 Å². The lowest BCUT2D eigenvalue weighted by atomic mass is 10.1. The molecule has 0 aromatic heterocycles. The molecule has 2 rings (SSSR count). The number of aliphatic imine (C=N–C) groups is 1. The summed E-state index contributed by atoms with van der Waals surface area (Å²) in [5.41, 5.74) is 2.12. The van der Waals surface area contributed by atoms with Crippen molar-refractivity contribution in [2.75, 3.05) is 27.7 Å². The molecule has 0 atom stereocenters. The van der Waals surface area contributed by atoms with E-state index in [0.717, 1.165) is 29.1 Å². The van der Waals surface area contributed by atoms with Crippen LogP contribution in [0.15, 0.2) is 58.4 Å². The summed E-state index contributed by atoms with van der Waals surface area (Å²) < 4.78 is 25.4. The van der Waals surface area contributed by atoms with E-state index in [9.17, 15) is 8.42 Å². The predicted octanol–water partition coefficient (Wildman–Crippen LogP) is 3.12. The third-order valence-electron chi connectivity index (χ3n) is 3.98. The summed E-state index contributed by atoms with van der Waals surface area (Å²) >= 11 is 5.99. The molecular formula is C19H26ClIN4O2S. The van der Waals surface area contributed by atoms with Gasteiger partial charge in [-0.05, 0) is 41.8 Å². The highest BCUT2D eigenvalue weighted by Crippen LogP contribution is 2.14. The van der Waals surface area contributed by atoms with Gasteiger partial charge in [-0.25, -0.2) is 12.7 Å². The van der Waals surface area contributed by atoms with Gasteiger partial charge in [-0.1, -0.05) is 35.9 Å². The predicted molar refractivity (Wildman–Crippen MR) is 126 cm³/mol. The van der Waals surface area contributed by atoms with Crippen LogP contribution in [0.5, 0.6) is 0 Å². The van der Waals surface area contributed by atoms with Crippen molar-refractivity contribution in [1.29, 1.82) is 0 Å². The van der Waals surface area contributed by atoms with Crippen LogP contribution in [0.4, 0.5) is 0 Å². The van der Waals surface area contributed by atoms with Crippen molar-refractivity contribution in [1.82, 2.24) is 14.9 Å². The summed E-state index contributed by atoms with van der Waals surface area (Å²) in [4.78, 5) is 4.48. The molecule has 28 heavy (non-hydrogen) atoms. The molecule has 9 heteroatoms. The van der Waals surface area contributed by atoms with E-state index in [2.05, 4.69) is 15.6 Å². The average Bonchev–Trinajstić information content (AvgIpc) is 2.64. The highest BCUT2D eigenvalue weighted by molar-refractivity contribution is 14.0. The van der Waals surface area contributed by atoms with Crippen molar-refractivity contribution < 1.29 is 8.42 Å². The van der Waals surface area contributed by atoms with E-state index < -0.39 is 10.0 Å². The smallest absolute Gasteiger partial charge is 0.242 e. The van der Waals surface area contributed by atoms with Gasteiger partial charge >= 0.3 is 0 Å². The second-order valence-corrected chi connectivity index (χ2v) is 8.75. The Morgan fingerprint density at radius 1 is 1.07 bits per heavy atom. The van der Waals surface area contributed by atoms with Crippen molar-refractivity contribution in [3.63, 3.8) is 0 Å². The monoisotopic (exact) mass is 536 g/mol. The van der Waals surface area contributed by atoms with Crippen LogP contribution in [-0.2, 0) is 23.0 Å². The Bertz CT molecular complexity index is 887. The number of guanidine groups is 1. The Kier molecular flexibility index (Phi) is 10.2.